The summed E-state index contributed by atoms with van der Waals surface area (Å²) in [5, 5.41) is 2.95. The number of amides is 1. The highest BCUT2D eigenvalue weighted by Crippen LogP contribution is 2.46. The number of carbonyl (C=O) groups excluding carboxylic acids is 3. The van der Waals surface area contributed by atoms with Crippen molar-refractivity contribution in [1.29, 1.82) is 0 Å². The Bertz CT molecular complexity index is 1000. The number of fused-ring (bicyclic) bond motifs is 1. The van der Waals surface area contributed by atoms with E-state index >= 15 is 0 Å². The van der Waals surface area contributed by atoms with Gasteiger partial charge in [-0.25, -0.2) is 0 Å². The van der Waals surface area contributed by atoms with Gasteiger partial charge in [0.2, 0.25) is 5.91 Å². The summed E-state index contributed by atoms with van der Waals surface area (Å²) < 4.78 is 10.6. The molecule has 1 aliphatic rings. The van der Waals surface area contributed by atoms with Crippen molar-refractivity contribution in [1.82, 2.24) is 0 Å². The van der Waals surface area contributed by atoms with E-state index in [0.717, 1.165) is 16.7 Å². The maximum atomic E-state index is 13.5. The third-order valence-corrected chi connectivity index (χ3v) is 6.12. The zero-order chi connectivity index (χ0) is 24.2. The zero-order valence-corrected chi connectivity index (χ0v) is 20.1. The molecule has 0 saturated carbocycles. The molecular weight excluding hydrogens is 418 g/mol. The van der Waals surface area contributed by atoms with E-state index in [1.807, 2.05) is 36.4 Å². The lowest BCUT2D eigenvalue weighted by atomic mass is 9.65. The zero-order valence-electron chi connectivity index (χ0n) is 20.1. The Morgan fingerprint density at radius 3 is 2.12 bits per heavy atom. The Morgan fingerprint density at radius 1 is 0.970 bits per heavy atom. The van der Waals surface area contributed by atoms with Crippen molar-refractivity contribution in [2.45, 2.75) is 58.8 Å². The SMILES string of the molecule is CCOC(=O)C1(C(=O)OCC)Cc2ccc(C(C)(C)C)cc2C(C(=O)Nc2ccccc2)C1. The number of hydrogen-bond acceptors (Lipinski definition) is 5. The maximum absolute atomic E-state index is 13.5. The van der Waals surface area contributed by atoms with Crippen LogP contribution in [0, 0.1) is 5.41 Å². The monoisotopic (exact) mass is 451 g/mol. The smallest absolute Gasteiger partial charge is 0.323 e. The Labute approximate surface area is 195 Å². The molecule has 0 fully saturated rings. The molecule has 2 aromatic carbocycles. The minimum absolute atomic E-state index is 0.00999. The van der Waals surface area contributed by atoms with E-state index in [1.165, 1.54) is 0 Å². The molecule has 6 heteroatoms. The van der Waals surface area contributed by atoms with Crippen LogP contribution in [0.1, 0.15) is 63.6 Å². The molecule has 6 nitrogen and oxygen atoms in total. The minimum Gasteiger partial charge on any atom is -0.465 e. The van der Waals surface area contributed by atoms with Gasteiger partial charge in [0.25, 0.3) is 0 Å². The highest BCUT2D eigenvalue weighted by atomic mass is 16.6. The van der Waals surface area contributed by atoms with E-state index in [4.69, 9.17) is 9.47 Å². The molecule has 33 heavy (non-hydrogen) atoms. The van der Waals surface area contributed by atoms with Gasteiger partial charge < -0.3 is 14.8 Å². The van der Waals surface area contributed by atoms with Gasteiger partial charge in [-0.05, 0) is 60.9 Å². The molecule has 1 atom stereocenters. The number of nitrogens with one attached hydrogen (secondary N) is 1. The normalized spacial score (nSPS) is 16.9. The maximum Gasteiger partial charge on any atom is 0.323 e. The number of hydrogen-bond donors (Lipinski definition) is 1. The standard InChI is InChI=1S/C27H33NO5/c1-6-32-24(30)27(25(31)33-7-2)16-18-13-14-19(26(3,4)5)15-21(18)22(17-27)23(29)28-20-11-9-8-10-12-20/h8-15,22H,6-7,16-17H2,1-5H3,(H,28,29). The van der Waals surface area contributed by atoms with Gasteiger partial charge in [-0.3, -0.25) is 14.4 Å². The van der Waals surface area contributed by atoms with Gasteiger partial charge in [-0.1, -0.05) is 57.2 Å². The summed E-state index contributed by atoms with van der Waals surface area (Å²) in [7, 11) is 0. The first kappa shape index (κ1) is 24.5. The van der Waals surface area contributed by atoms with Gasteiger partial charge in [-0.2, -0.15) is 0 Å². The highest BCUT2D eigenvalue weighted by Gasteiger charge is 2.54. The molecular formula is C27H33NO5. The van der Waals surface area contributed by atoms with Crippen molar-refractivity contribution in [3.63, 3.8) is 0 Å². The number of ether oxygens (including phenoxy) is 2. The van der Waals surface area contributed by atoms with Crippen molar-refractivity contribution in [2.24, 2.45) is 5.41 Å². The molecule has 176 valence electrons. The fraction of sp³-hybridized carbons (Fsp3) is 0.444. The molecule has 0 heterocycles. The van der Waals surface area contributed by atoms with Crippen LogP contribution in [0.15, 0.2) is 48.5 Å². The van der Waals surface area contributed by atoms with E-state index in [2.05, 4.69) is 26.1 Å². The molecule has 0 aliphatic heterocycles. The minimum atomic E-state index is -1.57. The number of para-hydroxylation sites is 1. The van der Waals surface area contributed by atoms with Crippen molar-refractivity contribution < 1.29 is 23.9 Å². The Morgan fingerprint density at radius 2 is 1.58 bits per heavy atom. The predicted octanol–water partition coefficient (Wildman–Crippen LogP) is 4.77. The molecule has 1 aliphatic carbocycles. The summed E-state index contributed by atoms with van der Waals surface area (Å²) in [6.07, 6.45) is 0.128. The summed E-state index contributed by atoms with van der Waals surface area (Å²) in [6.45, 7) is 9.99. The lowest BCUT2D eigenvalue weighted by Gasteiger charge is -2.38. The molecule has 2 aromatic rings. The van der Waals surface area contributed by atoms with Crippen LogP contribution in [0.2, 0.25) is 0 Å². The Hall–Kier alpha value is -3.15. The third kappa shape index (κ3) is 5.10. The first-order valence-electron chi connectivity index (χ1n) is 11.5. The summed E-state index contributed by atoms with van der Waals surface area (Å²) in [6, 6.07) is 15.1. The average Bonchev–Trinajstić information content (AvgIpc) is 2.78. The molecule has 0 bridgehead atoms. The van der Waals surface area contributed by atoms with E-state index < -0.39 is 23.3 Å². The fourth-order valence-electron chi connectivity index (χ4n) is 4.32. The quantitative estimate of drug-likeness (QED) is 0.506. The van der Waals surface area contributed by atoms with Crippen molar-refractivity contribution in [3.05, 3.63) is 65.2 Å². The van der Waals surface area contributed by atoms with Crippen LogP contribution in [-0.4, -0.2) is 31.1 Å². The molecule has 0 saturated heterocycles. The van der Waals surface area contributed by atoms with E-state index in [0.29, 0.717) is 5.69 Å². The molecule has 3 rings (SSSR count). The van der Waals surface area contributed by atoms with E-state index in [1.54, 1.807) is 26.0 Å². The van der Waals surface area contributed by atoms with E-state index in [-0.39, 0.29) is 37.4 Å². The number of esters is 2. The van der Waals surface area contributed by atoms with Gasteiger partial charge >= 0.3 is 11.9 Å². The van der Waals surface area contributed by atoms with Gasteiger partial charge in [-0.15, -0.1) is 0 Å². The predicted molar refractivity (Wildman–Crippen MR) is 127 cm³/mol. The third-order valence-electron chi connectivity index (χ3n) is 6.12. The molecule has 1 amide bonds. The van der Waals surface area contributed by atoms with Crippen LogP contribution < -0.4 is 5.32 Å². The van der Waals surface area contributed by atoms with E-state index in [9.17, 15) is 14.4 Å². The Balaban J connectivity index is 2.12. The summed E-state index contributed by atoms with van der Waals surface area (Å²) in [5.74, 6) is -2.28. The molecule has 0 aromatic heterocycles. The number of rotatable bonds is 6. The first-order valence-corrected chi connectivity index (χ1v) is 11.5. The summed E-state index contributed by atoms with van der Waals surface area (Å²) in [4.78, 5) is 39.8. The number of anilines is 1. The molecule has 1 N–H and O–H groups in total. The number of benzene rings is 2. The van der Waals surface area contributed by atoms with Crippen molar-refractivity contribution in [2.75, 3.05) is 18.5 Å². The van der Waals surface area contributed by atoms with Gasteiger partial charge in [0.05, 0.1) is 19.1 Å². The number of carbonyl (C=O) groups is 3. The topological polar surface area (TPSA) is 81.7 Å². The van der Waals surface area contributed by atoms with Crippen LogP contribution >= 0.6 is 0 Å². The van der Waals surface area contributed by atoms with Gasteiger partial charge in [0.1, 0.15) is 0 Å². The van der Waals surface area contributed by atoms with Crippen LogP contribution in [0.3, 0.4) is 0 Å². The second-order valence-electron chi connectivity index (χ2n) is 9.48. The van der Waals surface area contributed by atoms with Crippen LogP contribution in [0.25, 0.3) is 0 Å². The van der Waals surface area contributed by atoms with Crippen molar-refractivity contribution >= 4 is 23.5 Å². The largest absolute Gasteiger partial charge is 0.465 e. The Kier molecular flexibility index (Phi) is 7.25. The average molecular weight is 452 g/mol. The first-order chi connectivity index (χ1) is 15.6. The lowest BCUT2D eigenvalue weighted by Crippen LogP contribution is -2.49. The molecule has 0 spiro atoms. The lowest BCUT2D eigenvalue weighted by molar-refractivity contribution is -0.173. The molecule has 0 radical (unpaired) electrons. The van der Waals surface area contributed by atoms with Crippen LogP contribution in [-0.2, 0) is 35.7 Å². The van der Waals surface area contributed by atoms with Crippen LogP contribution in [0.4, 0.5) is 5.69 Å². The van der Waals surface area contributed by atoms with Crippen molar-refractivity contribution in [3.8, 4) is 0 Å². The van der Waals surface area contributed by atoms with Gasteiger partial charge in [0.15, 0.2) is 5.41 Å². The second kappa shape index (κ2) is 9.77. The molecule has 1 unspecified atom stereocenters. The second-order valence-corrected chi connectivity index (χ2v) is 9.48. The highest BCUT2D eigenvalue weighted by molar-refractivity contribution is 6.04. The summed E-state index contributed by atoms with van der Waals surface area (Å²) in [5.41, 5.74) is 1.66. The van der Waals surface area contributed by atoms with Crippen LogP contribution in [0.5, 0.6) is 0 Å². The summed E-state index contributed by atoms with van der Waals surface area (Å²) >= 11 is 0. The van der Waals surface area contributed by atoms with Gasteiger partial charge in [0, 0.05) is 5.69 Å². The fourth-order valence-corrected chi connectivity index (χ4v) is 4.32.